The van der Waals surface area contributed by atoms with E-state index >= 15 is 0 Å². The van der Waals surface area contributed by atoms with Gasteiger partial charge in [0.15, 0.2) is 0 Å². The molecule has 16 heavy (non-hydrogen) atoms. The summed E-state index contributed by atoms with van der Waals surface area (Å²) in [6, 6.07) is 0. The summed E-state index contributed by atoms with van der Waals surface area (Å²) < 4.78 is 7.41. The average molecular weight is 224 g/mol. The van der Waals surface area contributed by atoms with Crippen LogP contribution in [0, 0.1) is 0 Å². The van der Waals surface area contributed by atoms with Crippen LogP contribution < -0.4 is 4.90 Å². The van der Waals surface area contributed by atoms with Crippen LogP contribution in [0.2, 0.25) is 0 Å². The van der Waals surface area contributed by atoms with Gasteiger partial charge in [0, 0.05) is 20.1 Å². The van der Waals surface area contributed by atoms with Crippen molar-refractivity contribution >= 4 is 5.95 Å². The Morgan fingerprint density at radius 3 is 2.69 bits per heavy atom. The van der Waals surface area contributed by atoms with Crippen molar-refractivity contribution in [1.29, 1.82) is 0 Å². The van der Waals surface area contributed by atoms with Crippen molar-refractivity contribution in [3.8, 4) is 0 Å². The maximum absolute atomic E-state index is 9.41. The molecule has 0 radical (unpaired) electrons. The molecule has 0 unspecified atom stereocenters. The summed E-state index contributed by atoms with van der Waals surface area (Å²) in [5.41, 5.74) is 2.11. The Balaban J connectivity index is 1.89. The van der Waals surface area contributed by atoms with Crippen LogP contribution in [-0.4, -0.2) is 46.1 Å². The van der Waals surface area contributed by atoms with Crippen LogP contribution in [0.4, 0.5) is 5.95 Å². The normalized spacial score (nSPS) is 21.5. The zero-order valence-corrected chi connectivity index (χ0v) is 9.39. The first-order chi connectivity index (χ1) is 7.75. The minimum Gasteiger partial charge on any atom is -0.378 e. The maximum Gasteiger partial charge on any atom is 0.205 e. The highest BCUT2D eigenvalue weighted by Crippen LogP contribution is 2.25. The molecular weight excluding hydrogens is 208 g/mol. The molecule has 1 fully saturated rings. The molecule has 1 aromatic heterocycles. The van der Waals surface area contributed by atoms with E-state index in [-0.39, 0.29) is 0 Å². The van der Waals surface area contributed by atoms with E-state index in [4.69, 9.17) is 4.74 Å². The Kier molecular flexibility index (Phi) is 2.34. The largest absolute Gasteiger partial charge is 0.378 e. The van der Waals surface area contributed by atoms with Crippen molar-refractivity contribution in [3.63, 3.8) is 0 Å². The fourth-order valence-electron chi connectivity index (χ4n) is 2.35. The Hall–Kier alpha value is -1.11. The summed E-state index contributed by atoms with van der Waals surface area (Å²) in [5, 5.41) is 10.7. The molecular formula is C10H16N4O2. The van der Waals surface area contributed by atoms with Gasteiger partial charge in [0.25, 0.3) is 0 Å². The highest BCUT2D eigenvalue weighted by atomic mass is 16.5. The van der Waals surface area contributed by atoms with E-state index in [1.54, 1.807) is 0 Å². The van der Waals surface area contributed by atoms with Gasteiger partial charge in [0.2, 0.25) is 5.95 Å². The first kappa shape index (κ1) is 10.1. The molecule has 6 nitrogen and oxygen atoms in total. The summed E-state index contributed by atoms with van der Waals surface area (Å²) >= 11 is 0. The predicted octanol–water partition coefficient (Wildman–Crippen LogP) is -0.0385. The summed E-state index contributed by atoms with van der Waals surface area (Å²) in [6.07, 6.45) is 0. The van der Waals surface area contributed by atoms with Crippen LogP contribution in [0.1, 0.15) is 11.4 Å². The number of aromatic nitrogens is 2. The third-order valence-electron chi connectivity index (χ3n) is 3.23. The summed E-state index contributed by atoms with van der Waals surface area (Å²) in [4.78, 5) is 6.84. The molecule has 3 rings (SSSR count). The number of rotatable bonds is 1. The van der Waals surface area contributed by atoms with Crippen LogP contribution in [0.3, 0.4) is 0 Å². The lowest BCUT2D eigenvalue weighted by Crippen LogP contribution is -2.38. The van der Waals surface area contributed by atoms with Crippen molar-refractivity contribution in [3.05, 3.63) is 11.4 Å². The van der Waals surface area contributed by atoms with Gasteiger partial charge >= 0.3 is 0 Å². The Bertz CT molecular complexity index is 398. The van der Waals surface area contributed by atoms with Crippen LogP contribution in [0.5, 0.6) is 0 Å². The van der Waals surface area contributed by atoms with E-state index in [1.807, 2.05) is 7.05 Å². The molecule has 0 aromatic carbocycles. The van der Waals surface area contributed by atoms with E-state index in [1.165, 1.54) is 5.06 Å². The summed E-state index contributed by atoms with van der Waals surface area (Å²) in [7, 11) is 2.01. The number of hydroxylamine groups is 2. The second-order valence-corrected chi connectivity index (χ2v) is 4.29. The number of anilines is 1. The zero-order valence-electron chi connectivity index (χ0n) is 9.39. The van der Waals surface area contributed by atoms with E-state index < -0.39 is 0 Å². The highest BCUT2D eigenvalue weighted by Gasteiger charge is 2.27. The monoisotopic (exact) mass is 224 g/mol. The van der Waals surface area contributed by atoms with Gasteiger partial charge in [-0.2, -0.15) is 5.06 Å². The molecule has 0 aliphatic carbocycles. The number of hydrogen-bond acceptors (Lipinski definition) is 5. The molecule has 2 aliphatic heterocycles. The molecule has 0 amide bonds. The zero-order chi connectivity index (χ0) is 11.1. The molecule has 1 aromatic rings. The molecule has 88 valence electrons. The van der Waals surface area contributed by atoms with Gasteiger partial charge in [-0.15, -0.1) is 0 Å². The van der Waals surface area contributed by atoms with Crippen LogP contribution >= 0.6 is 0 Å². The fraction of sp³-hybridized carbons (Fsp3) is 0.700. The molecule has 6 heteroatoms. The van der Waals surface area contributed by atoms with E-state index in [0.717, 1.165) is 43.6 Å². The lowest BCUT2D eigenvalue weighted by atomic mass is 10.4. The molecule has 3 heterocycles. The molecule has 0 spiro atoms. The summed E-state index contributed by atoms with van der Waals surface area (Å²) in [6.45, 7) is 4.43. The number of fused-ring (bicyclic) bond motifs is 1. The average Bonchev–Trinajstić information content (AvgIpc) is 2.79. The predicted molar refractivity (Wildman–Crippen MR) is 57.3 cm³/mol. The number of nitrogens with zero attached hydrogens (tertiary/aromatic N) is 4. The van der Waals surface area contributed by atoms with E-state index in [2.05, 4.69) is 14.5 Å². The number of hydrogen-bond donors (Lipinski definition) is 1. The number of ether oxygens (including phenoxy) is 1. The molecule has 0 bridgehead atoms. The first-order valence-electron chi connectivity index (χ1n) is 5.56. The first-order valence-corrected chi connectivity index (χ1v) is 5.56. The second-order valence-electron chi connectivity index (χ2n) is 4.29. The molecule has 1 N–H and O–H groups in total. The van der Waals surface area contributed by atoms with E-state index in [0.29, 0.717) is 13.1 Å². The Labute approximate surface area is 94.0 Å². The SMILES string of the molecule is Cn1c(N2CCOCC2)nc2c1CN(O)C2. The highest BCUT2D eigenvalue weighted by molar-refractivity contribution is 5.38. The maximum atomic E-state index is 9.41. The van der Waals surface area contributed by atoms with Crippen molar-refractivity contribution in [2.24, 2.45) is 7.05 Å². The van der Waals surface area contributed by atoms with Crippen molar-refractivity contribution in [2.75, 3.05) is 31.2 Å². The van der Waals surface area contributed by atoms with Crippen LogP contribution in [0.25, 0.3) is 0 Å². The van der Waals surface area contributed by atoms with Crippen molar-refractivity contribution in [2.45, 2.75) is 13.1 Å². The van der Waals surface area contributed by atoms with Gasteiger partial charge in [-0.05, 0) is 0 Å². The topological polar surface area (TPSA) is 53.8 Å². The minimum absolute atomic E-state index is 0.535. The third-order valence-corrected chi connectivity index (χ3v) is 3.23. The molecule has 2 aliphatic rings. The Morgan fingerprint density at radius 2 is 2.00 bits per heavy atom. The summed E-state index contributed by atoms with van der Waals surface area (Å²) in [5.74, 6) is 1.00. The third kappa shape index (κ3) is 1.50. The smallest absolute Gasteiger partial charge is 0.205 e. The lowest BCUT2D eigenvalue weighted by Gasteiger charge is -2.28. The molecule has 1 saturated heterocycles. The van der Waals surface area contributed by atoms with Gasteiger partial charge in [0.05, 0.1) is 37.7 Å². The molecule has 0 atom stereocenters. The van der Waals surface area contributed by atoms with Crippen LogP contribution in [0.15, 0.2) is 0 Å². The van der Waals surface area contributed by atoms with Gasteiger partial charge in [-0.1, -0.05) is 0 Å². The quantitative estimate of drug-likeness (QED) is 0.725. The van der Waals surface area contributed by atoms with Gasteiger partial charge in [-0.25, -0.2) is 4.98 Å². The fourth-order valence-corrected chi connectivity index (χ4v) is 2.35. The number of morpholine rings is 1. The Morgan fingerprint density at radius 1 is 1.25 bits per heavy atom. The van der Waals surface area contributed by atoms with Crippen LogP contribution in [-0.2, 0) is 24.9 Å². The van der Waals surface area contributed by atoms with Gasteiger partial charge < -0.3 is 19.4 Å². The minimum atomic E-state index is 0.535. The second kappa shape index (κ2) is 3.73. The van der Waals surface area contributed by atoms with Crippen molar-refractivity contribution < 1.29 is 9.94 Å². The van der Waals surface area contributed by atoms with E-state index in [9.17, 15) is 5.21 Å². The van der Waals surface area contributed by atoms with Gasteiger partial charge in [-0.3, -0.25) is 0 Å². The lowest BCUT2D eigenvalue weighted by molar-refractivity contribution is -0.0984. The standard InChI is InChI=1S/C10H16N4O2/c1-12-9-7-14(15)6-8(9)11-10(12)13-2-4-16-5-3-13/h15H,2-7H2,1H3. The molecule has 0 saturated carbocycles. The van der Waals surface area contributed by atoms with Crippen molar-refractivity contribution in [1.82, 2.24) is 14.6 Å². The number of imidazole rings is 1. The van der Waals surface area contributed by atoms with Gasteiger partial charge in [0.1, 0.15) is 0 Å².